The van der Waals surface area contributed by atoms with Crippen molar-refractivity contribution in [1.82, 2.24) is 0 Å². The van der Waals surface area contributed by atoms with E-state index < -0.39 is 0 Å². The first kappa shape index (κ1) is 25.5. The van der Waals surface area contributed by atoms with Crippen LogP contribution in [-0.2, 0) is 4.74 Å². The highest BCUT2D eigenvalue weighted by Gasteiger charge is 2.18. The quantitative estimate of drug-likeness (QED) is 0.437. The van der Waals surface area contributed by atoms with Gasteiger partial charge in [-0.2, -0.15) is 0 Å². The highest BCUT2D eigenvalue weighted by atomic mass is 35.5. The largest absolute Gasteiger partial charge is 1.00 e. The Hall–Kier alpha value is -2.81. The Labute approximate surface area is 194 Å². The van der Waals surface area contributed by atoms with Crippen LogP contribution in [-0.4, -0.2) is 65.9 Å². The lowest BCUT2D eigenvalue weighted by molar-refractivity contribution is -0.907. The predicted octanol–water partition coefficient (Wildman–Crippen LogP) is -1.54. The summed E-state index contributed by atoms with van der Waals surface area (Å²) in [6, 6.07) is 10.1. The minimum atomic E-state index is -0.346. The molecule has 1 aliphatic heterocycles. The van der Waals surface area contributed by atoms with Crippen LogP contribution < -0.4 is 36.8 Å². The van der Waals surface area contributed by atoms with Gasteiger partial charge in [0.15, 0.2) is 17.3 Å². The van der Waals surface area contributed by atoms with Gasteiger partial charge in [-0.05, 0) is 24.3 Å². The maximum absolute atomic E-state index is 12.8. The van der Waals surface area contributed by atoms with Gasteiger partial charge < -0.3 is 41.6 Å². The number of carbonyl (C=O) groups is 2. The molecule has 1 saturated heterocycles. The Morgan fingerprint density at radius 2 is 1.62 bits per heavy atom. The number of ketones is 1. The van der Waals surface area contributed by atoms with E-state index in [9.17, 15) is 9.59 Å². The van der Waals surface area contributed by atoms with Crippen LogP contribution in [0.3, 0.4) is 0 Å². The number of ether oxygens (including phenoxy) is 4. The summed E-state index contributed by atoms with van der Waals surface area (Å²) < 4.78 is 21.3. The van der Waals surface area contributed by atoms with Gasteiger partial charge >= 0.3 is 0 Å². The zero-order valence-electron chi connectivity index (χ0n) is 18.5. The molecule has 0 spiro atoms. The number of amides is 1. The molecule has 1 aliphatic rings. The molecule has 0 saturated carbocycles. The summed E-state index contributed by atoms with van der Waals surface area (Å²) in [6.45, 7) is 4.12. The van der Waals surface area contributed by atoms with E-state index in [0.717, 1.165) is 32.8 Å². The van der Waals surface area contributed by atoms with Crippen molar-refractivity contribution in [1.29, 1.82) is 0 Å². The fourth-order valence-electron chi connectivity index (χ4n) is 3.53. The molecule has 0 aliphatic carbocycles. The van der Waals surface area contributed by atoms with Gasteiger partial charge in [0.2, 0.25) is 5.75 Å². The number of hydrogen-bond donors (Lipinski definition) is 2. The van der Waals surface area contributed by atoms with Crippen LogP contribution in [0.4, 0.5) is 5.69 Å². The summed E-state index contributed by atoms with van der Waals surface area (Å²) >= 11 is 0. The monoisotopic (exact) mass is 464 g/mol. The summed E-state index contributed by atoms with van der Waals surface area (Å²) in [5.41, 5.74) is 1.47. The van der Waals surface area contributed by atoms with E-state index in [1.807, 2.05) is 0 Å². The first-order valence-corrected chi connectivity index (χ1v) is 10.2. The Morgan fingerprint density at radius 1 is 0.969 bits per heavy atom. The summed E-state index contributed by atoms with van der Waals surface area (Å²) in [5, 5.41) is 2.83. The molecule has 9 heteroatoms. The lowest BCUT2D eigenvalue weighted by Gasteiger charge is -2.23. The van der Waals surface area contributed by atoms with Crippen LogP contribution in [0.2, 0.25) is 0 Å². The maximum Gasteiger partial charge on any atom is 0.255 e. The molecule has 0 atom stereocenters. The number of benzene rings is 2. The van der Waals surface area contributed by atoms with Gasteiger partial charge in [0.05, 0.1) is 47.5 Å². The molecule has 0 unspecified atom stereocenters. The molecule has 0 radical (unpaired) electrons. The molecular formula is C23H29ClN2O6. The van der Waals surface area contributed by atoms with Crippen molar-refractivity contribution in [3.63, 3.8) is 0 Å². The Bertz CT molecular complexity index is 905. The average Bonchev–Trinajstić information content (AvgIpc) is 2.82. The number of rotatable bonds is 9. The smallest absolute Gasteiger partial charge is 0.255 e. The van der Waals surface area contributed by atoms with Crippen LogP contribution in [0.1, 0.15) is 27.1 Å². The third kappa shape index (κ3) is 6.35. The topological polar surface area (TPSA) is 87.5 Å². The number of morpholine rings is 1. The first-order chi connectivity index (χ1) is 15.0. The van der Waals surface area contributed by atoms with Crippen LogP contribution in [0.15, 0.2) is 36.4 Å². The van der Waals surface area contributed by atoms with Gasteiger partial charge in [0, 0.05) is 16.8 Å². The number of hydrogen-bond acceptors (Lipinski definition) is 6. The first-order valence-electron chi connectivity index (χ1n) is 10.2. The molecule has 3 rings (SSSR count). The number of Topliss-reactive ketones (excluding diaryl/α,β-unsaturated/α-hetero) is 1. The number of quaternary nitrogens is 1. The van der Waals surface area contributed by atoms with E-state index in [0.29, 0.717) is 40.5 Å². The van der Waals surface area contributed by atoms with E-state index in [4.69, 9.17) is 18.9 Å². The van der Waals surface area contributed by atoms with E-state index in [1.54, 1.807) is 36.4 Å². The highest BCUT2D eigenvalue weighted by Crippen LogP contribution is 2.38. The second-order valence-corrected chi connectivity index (χ2v) is 7.23. The second-order valence-electron chi connectivity index (χ2n) is 7.23. The number of nitrogens with one attached hydrogen (secondary N) is 2. The number of halogens is 1. The molecule has 32 heavy (non-hydrogen) atoms. The van der Waals surface area contributed by atoms with Crippen molar-refractivity contribution in [3.05, 3.63) is 47.5 Å². The van der Waals surface area contributed by atoms with E-state index in [1.165, 1.54) is 26.2 Å². The summed E-state index contributed by atoms with van der Waals surface area (Å²) in [5.74, 6) is 0.907. The minimum absolute atomic E-state index is 0. The van der Waals surface area contributed by atoms with Crippen LogP contribution in [0.25, 0.3) is 0 Å². The third-order valence-corrected chi connectivity index (χ3v) is 5.27. The fraction of sp³-hybridized carbons (Fsp3) is 0.391. The molecule has 1 heterocycles. The van der Waals surface area contributed by atoms with Gasteiger partial charge in [-0.1, -0.05) is 12.1 Å². The summed E-state index contributed by atoms with van der Waals surface area (Å²) in [4.78, 5) is 26.8. The van der Waals surface area contributed by atoms with Gasteiger partial charge in [-0.25, -0.2) is 0 Å². The molecule has 2 aromatic carbocycles. The molecule has 8 nitrogen and oxygen atoms in total. The summed E-state index contributed by atoms with van der Waals surface area (Å²) in [7, 11) is 4.49. The Balaban J connectivity index is 0.00000363. The standard InChI is InChI=1S/C23H28N2O6.ClH/c1-28-20-14-17(15-21(29-2)22(20)30-3)23(27)24-18-6-4-5-16(13-18)19(26)7-8-25-9-11-31-12-10-25;/h4-6,13-15H,7-12H2,1-3H3,(H,24,27);1H. The van der Waals surface area contributed by atoms with Crippen molar-refractivity contribution in [3.8, 4) is 17.2 Å². The number of methoxy groups -OCH3 is 3. The molecule has 1 amide bonds. The zero-order valence-corrected chi connectivity index (χ0v) is 19.3. The molecule has 2 aromatic rings. The molecule has 174 valence electrons. The third-order valence-electron chi connectivity index (χ3n) is 5.27. The van der Waals surface area contributed by atoms with Crippen molar-refractivity contribution in [2.45, 2.75) is 6.42 Å². The van der Waals surface area contributed by atoms with Gasteiger partial charge in [-0.3, -0.25) is 9.59 Å². The maximum atomic E-state index is 12.8. The second kappa shape index (κ2) is 12.3. The highest BCUT2D eigenvalue weighted by molar-refractivity contribution is 6.06. The lowest BCUT2D eigenvalue weighted by Crippen LogP contribution is -3.14. The SMILES string of the molecule is COc1cc(C(=O)Nc2cccc(C(=O)CC[NH+]3CCOCC3)c2)cc(OC)c1OC.[Cl-]. The lowest BCUT2D eigenvalue weighted by atomic mass is 10.1. The molecule has 0 bridgehead atoms. The molecule has 1 fully saturated rings. The Kier molecular flexibility index (Phi) is 9.77. The van der Waals surface area contributed by atoms with Crippen LogP contribution in [0, 0.1) is 0 Å². The minimum Gasteiger partial charge on any atom is -1.00 e. The van der Waals surface area contributed by atoms with E-state index >= 15 is 0 Å². The van der Waals surface area contributed by atoms with Crippen molar-refractivity contribution in [2.75, 3.05) is 59.5 Å². The fourth-order valence-corrected chi connectivity index (χ4v) is 3.53. The molecule has 2 N–H and O–H groups in total. The van der Waals surface area contributed by atoms with Gasteiger partial charge in [0.1, 0.15) is 13.1 Å². The summed E-state index contributed by atoms with van der Waals surface area (Å²) in [6.07, 6.45) is 0.458. The van der Waals surface area contributed by atoms with Crippen LogP contribution >= 0.6 is 0 Å². The molecule has 0 aromatic heterocycles. The number of carbonyl (C=O) groups excluding carboxylic acids is 2. The van der Waals surface area contributed by atoms with Gasteiger partial charge in [-0.15, -0.1) is 0 Å². The zero-order chi connectivity index (χ0) is 22.2. The van der Waals surface area contributed by atoms with Crippen molar-refractivity contribution in [2.24, 2.45) is 0 Å². The van der Waals surface area contributed by atoms with Crippen LogP contribution in [0.5, 0.6) is 17.2 Å². The van der Waals surface area contributed by atoms with E-state index in [-0.39, 0.29) is 24.1 Å². The Morgan fingerprint density at radius 3 is 2.22 bits per heavy atom. The molecular weight excluding hydrogens is 436 g/mol. The normalized spacial score (nSPS) is 13.6. The van der Waals surface area contributed by atoms with Gasteiger partial charge in [0.25, 0.3) is 5.91 Å². The van der Waals surface area contributed by atoms with Crippen molar-refractivity contribution >= 4 is 17.4 Å². The average molecular weight is 465 g/mol. The van der Waals surface area contributed by atoms with Crippen molar-refractivity contribution < 1.29 is 45.8 Å². The predicted molar refractivity (Wildman–Crippen MR) is 116 cm³/mol. The van der Waals surface area contributed by atoms with E-state index in [2.05, 4.69) is 5.32 Å². The number of anilines is 1.